The van der Waals surface area contributed by atoms with Crippen molar-refractivity contribution in [2.75, 3.05) is 13.7 Å². The minimum absolute atomic E-state index is 0.154. The summed E-state index contributed by atoms with van der Waals surface area (Å²) in [5.41, 5.74) is 2.60. The Balaban J connectivity index is 1.34. The number of aromatic nitrogens is 1. The maximum absolute atomic E-state index is 12.6. The molecule has 0 aliphatic carbocycles. The second-order valence-electron chi connectivity index (χ2n) is 6.73. The lowest BCUT2D eigenvalue weighted by atomic mass is 10.1. The third-order valence-electron chi connectivity index (χ3n) is 4.83. The van der Waals surface area contributed by atoms with Gasteiger partial charge >= 0.3 is 0 Å². The molecule has 0 radical (unpaired) electrons. The average molecular weight is 425 g/mol. The van der Waals surface area contributed by atoms with Gasteiger partial charge in [0.05, 0.1) is 18.9 Å². The molecule has 1 amide bonds. The van der Waals surface area contributed by atoms with Crippen molar-refractivity contribution in [1.29, 1.82) is 0 Å². The number of furan rings is 1. The van der Waals surface area contributed by atoms with E-state index in [9.17, 15) is 4.79 Å². The third-order valence-corrected chi connectivity index (χ3v) is 5.08. The molecular weight excluding hydrogens is 404 g/mol. The molecule has 0 bridgehead atoms. The molecule has 2 heterocycles. The van der Waals surface area contributed by atoms with Crippen LogP contribution in [0.1, 0.15) is 21.7 Å². The van der Waals surface area contributed by atoms with E-state index in [1.165, 1.54) is 6.26 Å². The van der Waals surface area contributed by atoms with Gasteiger partial charge in [-0.05, 0) is 54.4 Å². The first-order valence-corrected chi connectivity index (χ1v) is 9.89. The maximum Gasteiger partial charge on any atom is 0.254 e. The van der Waals surface area contributed by atoms with Gasteiger partial charge in [-0.25, -0.2) is 0 Å². The van der Waals surface area contributed by atoms with Crippen LogP contribution in [0.2, 0.25) is 5.02 Å². The lowest BCUT2D eigenvalue weighted by Gasteiger charge is -2.07. The number of aromatic amines is 1. The van der Waals surface area contributed by atoms with Crippen molar-refractivity contribution < 1.29 is 18.7 Å². The number of hydrogen-bond donors (Lipinski definition) is 2. The molecule has 30 heavy (non-hydrogen) atoms. The number of carbonyl (C=O) groups is 1. The van der Waals surface area contributed by atoms with Gasteiger partial charge in [0.1, 0.15) is 18.1 Å². The van der Waals surface area contributed by atoms with Crippen LogP contribution in [0.4, 0.5) is 0 Å². The molecule has 0 spiro atoms. The Hall–Kier alpha value is -3.38. The Kier molecular flexibility index (Phi) is 5.95. The second-order valence-corrected chi connectivity index (χ2v) is 7.17. The topological polar surface area (TPSA) is 76.5 Å². The highest BCUT2D eigenvalue weighted by Crippen LogP contribution is 2.23. The fourth-order valence-corrected chi connectivity index (χ4v) is 3.37. The largest absolute Gasteiger partial charge is 0.497 e. The summed E-state index contributed by atoms with van der Waals surface area (Å²) in [6.45, 7) is 0.655. The van der Waals surface area contributed by atoms with E-state index in [1.54, 1.807) is 37.4 Å². The maximum atomic E-state index is 12.6. The van der Waals surface area contributed by atoms with Gasteiger partial charge < -0.3 is 24.2 Å². The number of halogens is 1. The van der Waals surface area contributed by atoms with Crippen LogP contribution in [-0.4, -0.2) is 24.5 Å². The number of fused-ring (bicyclic) bond motifs is 1. The van der Waals surface area contributed by atoms with E-state index in [0.717, 1.165) is 22.2 Å². The van der Waals surface area contributed by atoms with E-state index >= 15 is 0 Å². The van der Waals surface area contributed by atoms with Crippen LogP contribution in [-0.2, 0) is 13.0 Å². The normalized spacial score (nSPS) is 10.9. The van der Waals surface area contributed by atoms with Crippen molar-refractivity contribution in [3.63, 3.8) is 0 Å². The first-order chi connectivity index (χ1) is 14.6. The fraction of sp³-hybridized carbons (Fsp3) is 0.174. The minimum Gasteiger partial charge on any atom is -0.497 e. The van der Waals surface area contributed by atoms with E-state index in [-0.39, 0.29) is 12.5 Å². The van der Waals surface area contributed by atoms with E-state index in [4.69, 9.17) is 25.5 Å². The molecular formula is C23H21ClN2O4. The predicted molar refractivity (Wildman–Crippen MR) is 115 cm³/mol. The summed E-state index contributed by atoms with van der Waals surface area (Å²) in [6.07, 6.45) is 4.15. The van der Waals surface area contributed by atoms with Gasteiger partial charge in [0, 0.05) is 34.7 Å². The molecule has 2 aromatic heterocycles. The van der Waals surface area contributed by atoms with Crippen LogP contribution in [0.5, 0.6) is 11.5 Å². The van der Waals surface area contributed by atoms with Crippen LogP contribution in [0.25, 0.3) is 10.9 Å². The molecule has 0 fully saturated rings. The Morgan fingerprint density at radius 2 is 1.93 bits per heavy atom. The Morgan fingerprint density at radius 3 is 2.73 bits per heavy atom. The summed E-state index contributed by atoms with van der Waals surface area (Å²) in [6, 6.07) is 14.6. The van der Waals surface area contributed by atoms with Gasteiger partial charge in [-0.2, -0.15) is 0 Å². The number of benzene rings is 2. The zero-order valence-electron chi connectivity index (χ0n) is 16.4. The summed E-state index contributed by atoms with van der Waals surface area (Å²) >= 11 is 5.87. The van der Waals surface area contributed by atoms with Crippen LogP contribution in [0.15, 0.2) is 65.4 Å². The predicted octanol–water partition coefficient (Wildman–Crippen LogP) is 4.97. The number of carbonyl (C=O) groups excluding carboxylic acids is 1. The SMILES string of the molecule is COc1ccc2c(CCNC(=O)c3ccoc3COc3ccc(Cl)cc3)c[nH]c2c1. The van der Waals surface area contributed by atoms with Crippen LogP contribution in [0.3, 0.4) is 0 Å². The number of hydrogen-bond acceptors (Lipinski definition) is 4. The number of ether oxygens (including phenoxy) is 2. The zero-order chi connectivity index (χ0) is 20.9. The van der Waals surface area contributed by atoms with Gasteiger partial charge in [0.15, 0.2) is 5.76 Å². The number of methoxy groups -OCH3 is 1. The van der Waals surface area contributed by atoms with Crippen molar-refractivity contribution in [3.05, 3.63) is 82.9 Å². The molecule has 0 aliphatic rings. The quantitative estimate of drug-likeness (QED) is 0.418. The summed E-state index contributed by atoms with van der Waals surface area (Å²) in [5.74, 6) is 1.73. The Morgan fingerprint density at radius 1 is 1.13 bits per heavy atom. The summed E-state index contributed by atoms with van der Waals surface area (Å²) in [5, 5.41) is 4.70. The molecule has 0 aliphatic heterocycles. The summed E-state index contributed by atoms with van der Waals surface area (Å²) < 4.78 is 16.4. The van der Waals surface area contributed by atoms with Crippen molar-refractivity contribution >= 4 is 28.4 Å². The second kappa shape index (κ2) is 8.97. The molecule has 6 nitrogen and oxygen atoms in total. The minimum atomic E-state index is -0.194. The summed E-state index contributed by atoms with van der Waals surface area (Å²) in [7, 11) is 1.64. The molecule has 0 saturated heterocycles. The Bertz CT molecular complexity index is 1150. The van der Waals surface area contributed by atoms with E-state index in [0.29, 0.717) is 35.1 Å². The van der Waals surface area contributed by atoms with Gasteiger partial charge in [0.25, 0.3) is 5.91 Å². The first kappa shape index (κ1) is 19.9. The van der Waals surface area contributed by atoms with E-state index < -0.39 is 0 Å². The van der Waals surface area contributed by atoms with Crippen molar-refractivity contribution in [1.82, 2.24) is 10.3 Å². The van der Waals surface area contributed by atoms with E-state index in [1.807, 2.05) is 24.4 Å². The highest BCUT2D eigenvalue weighted by molar-refractivity contribution is 6.30. The molecule has 0 saturated carbocycles. The number of amides is 1. The highest BCUT2D eigenvalue weighted by atomic mass is 35.5. The van der Waals surface area contributed by atoms with E-state index in [2.05, 4.69) is 10.3 Å². The molecule has 154 valence electrons. The van der Waals surface area contributed by atoms with Crippen molar-refractivity contribution in [2.24, 2.45) is 0 Å². The summed E-state index contributed by atoms with van der Waals surface area (Å²) in [4.78, 5) is 15.8. The van der Waals surface area contributed by atoms with Gasteiger partial charge in [-0.3, -0.25) is 4.79 Å². The molecule has 4 rings (SSSR count). The van der Waals surface area contributed by atoms with Crippen molar-refractivity contribution in [2.45, 2.75) is 13.0 Å². The molecule has 2 aromatic carbocycles. The smallest absolute Gasteiger partial charge is 0.254 e. The Labute approximate surface area is 178 Å². The fourth-order valence-electron chi connectivity index (χ4n) is 3.24. The standard InChI is InChI=1S/C23H21ClN2O4/c1-28-18-6-7-19-15(13-26-21(19)12-18)8-10-25-23(27)20-9-11-29-22(20)14-30-17-4-2-16(24)3-5-17/h2-7,9,11-13,26H,8,10,14H2,1H3,(H,25,27). The van der Waals surface area contributed by atoms with Crippen molar-refractivity contribution in [3.8, 4) is 11.5 Å². The zero-order valence-corrected chi connectivity index (χ0v) is 17.2. The van der Waals surface area contributed by atoms with Crippen LogP contribution in [0, 0.1) is 0 Å². The molecule has 0 unspecified atom stereocenters. The number of H-pyrrole nitrogens is 1. The lowest BCUT2D eigenvalue weighted by Crippen LogP contribution is -2.26. The number of rotatable bonds is 8. The molecule has 2 N–H and O–H groups in total. The molecule has 4 aromatic rings. The monoisotopic (exact) mass is 424 g/mol. The third kappa shape index (κ3) is 4.44. The van der Waals surface area contributed by atoms with Gasteiger partial charge in [0.2, 0.25) is 0 Å². The average Bonchev–Trinajstić information content (AvgIpc) is 3.40. The van der Waals surface area contributed by atoms with Crippen LogP contribution < -0.4 is 14.8 Å². The number of nitrogens with one attached hydrogen (secondary N) is 2. The van der Waals surface area contributed by atoms with Crippen LogP contribution >= 0.6 is 11.6 Å². The van der Waals surface area contributed by atoms with Gasteiger partial charge in [-0.1, -0.05) is 11.6 Å². The molecule has 0 atom stereocenters. The molecule has 7 heteroatoms. The lowest BCUT2D eigenvalue weighted by molar-refractivity contribution is 0.0949. The highest BCUT2D eigenvalue weighted by Gasteiger charge is 2.15. The first-order valence-electron chi connectivity index (χ1n) is 9.51. The van der Waals surface area contributed by atoms with Gasteiger partial charge in [-0.15, -0.1) is 0 Å².